The van der Waals surface area contributed by atoms with E-state index >= 15 is 0 Å². The molecule has 0 fully saturated rings. The first-order valence-electron chi connectivity index (χ1n) is 10.2. The van der Waals surface area contributed by atoms with Crippen LogP contribution in [-0.4, -0.2) is 29.9 Å². The fourth-order valence-electron chi connectivity index (χ4n) is 3.79. The molecular weight excluding hydrogens is 440 g/mol. The topological polar surface area (TPSA) is 116 Å². The fourth-order valence-corrected chi connectivity index (χ4v) is 3.79. The molecule has 0 N–H and O–H groups in total. The number of aromatic nitrogens is 1. The first-order chi connectivity index (χ1) is 16.4. The van der Waals surface area contributed by atoms with Gasteiger partial charge in [0.05, 0.1) is 34.8 Å². The lowest BCUT2D eigenvalue weighted by atomic mass is 10.1. The SMILES string of the molecule is COc1ccc(N2C(=O)c3ccc(-c4nc5ccccc5c(=O)o4)cc3C2=O)cc1OC(C)=O. The summed E-state index contributed by atoms with van der Waals surface area (Å²) in [6, 6.07) is 15.7. The monoisotopic (exact) mass is 456 g/mol. The number of fused-ring (bicyclic) bond motifs is 2. The summed E-state index contributed by atoms with van der Waals surface area (Å²) < 4.78 is 15.7. The van der Waals surface area contributed by atoms with E-state index in [9.17, 15) is 19.2 Å². The Morgan fingerprint density at radius 2 is 1.68 bits per heavy atom. The Morgan fingerprint density at radius 1 is 0.912 bits per heavy atom. The Balaban J connectivity index is 1.55. The van der Waals surface area contributed by atoms with Gasteiger partial charge in [0.25, 0.3) is 11.8 Å². The number of nitrogens with zero attached hydrogens (tertiary/aromatic N) is 2. The van der Waals surface area contributed by atoms with E-state index in [1.54, 1.807) is 30.3 Å². The molecule has 0 atom stereocenters. The number of imide groups is 1. The third-order valence-corrected chi connectivity index (χ3v) is 5.33. The van der Waals surface area contributed by atoms with Crippen LogP contribution in [0, 0.1) is 0 Å². The molecule has 1 aliphatic rings. The van der Waals surface area contributed by atoms with Crippen LogP contribution < -0.4 is 20.0 Å². The van der Waals surface area contributed by atoms with Gasteiger partial charge in [0.1, 0.15) is 0 Å². The van der Waals surface area contributed by atoms with Crippen molar-refractivity contribution in [2.45, 2.75) is 6.92 Å². The molecule has 1 aromatic heterocycles. The number of para-hydroxylation sites is 1. The third-order valence-electron chi connectivity index (χ3n) is 5.33. The van der Waals surface area contributed by atoms with Crippen molar-refractivity contribution in [2.24, 2.45) is 0 Å². The van der Waals surface area contributed by atoms with Crippen LogP contribution in [0.15, 0.2) is 69.9 Å². The Morgan fingerprint density at radius 3 is 2.44 bits per heavy atom. The van der Waals surface area contributed by atoms with Gasteiger partial charge in [-0.05, 0) is 42.5 Å². The summed E-state index contributed by atoms with van der Waals surface area (Å²) in [6.45, 7) is 1.23. The molecule has 0 saturated heterocycles. The fraction of sp³-hybridized carbons (Fsp3) is 0.0800. The van der Waals surface area contributed by atoms with Crippen molar-refractivity contribution >= 4 is 34.4 Å². The van der Waals surface area contributed by atoms with Crippen LogP contribution in [0.25, 0.3) is 22.4 Å². The quantitative estimate of drug-likeness (QED) is 0.260. The molecule has 3 aromatic carbocycles. The molecular formula is C25H16N2O7. The first-order valence-corrected chi connectivity index (χ1v) is 10.2. The highest BCUT2D eigenvalue weighted by molar-refractivity contribution is 6.34. The molecule has 0 saturated carbocycles. The van der Waals surface area contributed by atoms with Crippen molar-refractivity contribution in [1.29, 1.82) is 0 Å². The maximum atomic E-state index is 13.2. The molecule has 9 heteroatoms. The van der Waals surface area contributed by atoms with Crippen molar-refractivity contribution in [3.63, 3.8) is 0 Å². The second-order valence-corrected chi connectivity index (χ2v) is 7.46. The van der Waals surface area contributed by atoms with Gasteiger partial charge in [-0.15, -0.1) is 0 Å². The zero-order valence-corrected chi connectivity index (χ0v) is 18.0. The molecule has 2 amide bonds. The van der Waals surface area contributed by atoms with Crippen LogP contribution >= 0.6 is 0 Å². The Bertz CT molecular complexity index is 1570. The summed E-state index contributed by atoms with van der Waals surface area (Å²) in [5.41, 5.74) is 0.794. The number of amides is 2. The van der Waals surface area contributed by atoms with Gasteiger partial charge in [-0.25, -0.2) is 14.7 Å². The highest BCUT2D eigenvalue weighted by Gasteiger charge is 2.37. The number of ether oxygens (including phenoxy) is 2. The highest BCUT2D eigenvalue weighted by atomic mass is 16.6. The number of carbonyl (C=O) groups is 3. The van der Waals surface area contributed by atoms with E-state index in [-0.39, 0.29) is 34.2 Å². The van der Waals surface area contributed by atoms with Crippen LogP contribution in [0.1, 0.15) is 27.6 Å². The number of benzene rings is 3. The standard InChI is InChI=1S/C25H16N2O7/c1-13(28)33-21-12-15(8-10-20(21)32-2)27-23(29)16-9-7-14(11-18(16)24(27)30)22-26-19-6-4-3-5-17(19)25(31)34-22/h3-12H,1-2H3. The predicted octanol–water partition coefficient (Wildman–Crippen LogP) is 3.59. The van der Waals surface area contributed by atoms with E-state index in [4.69, 9.17) is 13.9 Å². The van der Waals surface area contributed by atoms with Gasteiger partial charge >= 0.3 is 11.6 Å². The van der Waals surface area contributed by atoms with Gasteiger partial charge in [0.2, 0.25) is 5.89 Å². The number of hydrogen-bond donors (Lipinski definition) is 0. The molecule has 2 heterocycles. The van der Waals surface area contributed by atoms with Crippen molar-refractivity contribution in [3.8, 4) is 23.0 Å². The molecule has 9 nitrogen and oxygen atoms in total. The minimum Gasteiger partial charge on any atom is -0.493 e. The summed E-state index contributed by atoms with van der Waals surface area (Å²) >= 11 is 0. The van der Waals surface area contributed by atoms with Crippen LogP contribution in [0.4, 0.5) is 5.69 Å². The molecule has 0 bridgehead atoms. The number of carbonyl (C=O) groups excluding carboxylic acids is 3. The summed E-state index contributed by atoms with van der Waals surface area (Å²) in [7, 11) is 1.41. The maximum absolute atomic E-state index is 13.2. The first kappa shape index (κ1) is 21.1. The molecule has 0 aliphatic carbocycles. The summed E-state index contributed by atoms with van der Waals surface area (Å²) in [4.78, 5) is 55.4. The molecule has 0 spiro atoms. The molecule has 1 aliphatic heterocycles. The zero-order valence-electron chi connectivity index (χ0n) is 18.0. The van der Waals surface area contributed by atoms with Gasteiger partial charge in [0.15, 0.2) is 11.5 Å². The summed E-state index contributed by atoms with van der Waals surface area (Å²) in [6.07, 6.45) is 0. The van der Waals surface area contributed by atoms with Crippen molar-refractivity contribution in [2.75, 3.05) is 12.0 Å². The third kappa shape index (κ3) is 3.39. The Kier molecular flexibility index (Phi) is 4.94. The average molecular weight is 456 g/mol. The Labute approximate surface area is 192 Å². The number of esters is 1. The minimum absolute atomic E-state index is 0.0341. The van der Waals surface area contributed by atoms with Gasteiger partial charge in [-0.2, -0.15) is 0 Å². The van der Waals surface area contributed by atoms with Gasteiger partial charge in [-0.1, -0.05) is 12.1 Å². The van der Waals surface area contributed by atoms with Crippen LogP contribution in [-0.2, 0) is 4.79 Å². The minimum atomic E-state index is -0.580. The largest absolute Gasteiger partial charge is 0.493 e. The second-order valence-electron chi connectivity index (χ2n) is 7.46. The molecule has 4 aromatic rings. The molecule has 34 heavy (non-hydrogen) atoms. The van der Waals surface area contributed by atoms with Crippen LogP contribution in [0.2, 0.25) is 0 Å². The van der Waals surface area contributed by atoms with Crippen molar-refractivity contribution in [1.82, 2.24) is 4.98 Å². The second kappa shape index (κ2) is 7.96. The van der Waals surface area contributed by atoms with E-state index < -0.39 is 23.4 Å². The zero-order chi connectivity index (χ0) is 24.0. The number of hydrogen-bond acceptors (Lipinski definition) is 8. The van der Waals surface area contributed by atoms with Crippen molar-refractivity contribution < 1.29 is 28.3 Å². The lowest BCUT2D eigenvalue weighted by molar-refractivity contribution is -0.132. The number of rotatable bonds is 4. The lowest BCUT2D eigenvalue weighted by Crippen LogP contribution is -2.29. The van der Waals surface area contributed by atoms with Gasteiger partial charge in [-0.3, -0.25) is 14.4 Å². The lowest BCUT2D eigenvalue weighted by Gasteiger charge is -2.16. The van der Waals surface area contributed by atoms with E-state index in [1.807, 2.05) is 0 Å². The molecule has 5 rings (SSSR count). The summed E-state index contributed by atoms with van der Waals surface area (Å²) in [5, 5.41) is 0.341. The normalized spacial score (nSPS) is 12.7. The van der Waals surface area contributed by atoms with E-state index in [2.05, 4.69) is 4.98 Å². The van der Waals surface area contributed by atoms with E-state index in [0.29, 0.717) is 16.5 Å². The molecule has 0 radical (unpaired) electrons. The summed E-state index contributed by atoms with van der Waals surface area (Å²) in [5.74, 6) is -1.32. The average Bonchev–Trinajstić information content (AvgIpc) is 3.08. The number of anilines is 1. The maximum Gasteiger partial charge on any atom is 0.347 e. The molecule has 0 unspecified atom stereocenters. The van der Waals surface area contributed by atoms with Crippen LogP contribution in [0.5, 0.6) is 11.5 Å². The highest BCUT2D eigenvalue weighted by Crippen LogP contribution is 2.36. The number of methoxy groups -OCH3 is 1. The van der Waals surface area contributed by atoms with Gasteiger partial charge in [0, 0.05) is 18.6 Å². The van der Waals surface area contributed by atoms with Crippen LogP contribution in [0.3, 0.4) is 0 Å². The molecule has 168 valence electrons. The smallest absolute Gasteiger partial charge is 0.347 e. The predicted molar refractivity (Wildman–Crippen MR) is 121 cm³/mol. The van der Waals surface area contributed by atoms with Crippen molar-refractivity contribution in [3.05, 3.63) is 82.2 Å². The van der Waals surface area contributed by atoms with Gasteiger partial charge < -0.3 is 13.9 Å². The van der Waals surface area contributed by atoms with E-state index in [0.717, 1.165) is 4.90 Å². The van der Waals surface area contributed by atoms with E-state index in [1.165, 1.54) is 44.4 Å². The Hall–Kier alpha value is -4.79.